The summed E-state index contributed by atoms with van der Waals surface area (Å²) in [6.45, 7) is 2.48. The van der Waals surface area contributed by atoms with Gasteiger partial charge in [0.25, 0.3) is 0 Å². The SMILES string of the molecule is C[C@@H](CC(=O)N1CCO[C@@H](CC(=O)O)C1)c1cccc(C(F)(F)F)c1. The smallest absolute Gasteiger partial charge is 0.416 e. The highest BCUT2D eigenvalue weighted by atomic mass is 19.4. The summed E-state index contributed by atoms with van der Waals surface area (Å²) >= 11 is 0. The van der Waals surface area contributed by atoms with E-state index in [1.54, 1.807) is 13.0 Å². The van der Waals surface area contributed by atoms with Crippen molar-refractivity contribution in [1.82, 2.24) is 4.90 Å². The van der Waals surface area contributed by atoms with Gasteiger partial charge in [0.1, 0.15) is 0 Å². The topological polar surface area (TPSA) is 66.8 Å². The van der Waals surface area contributed by atoms with Gasteiger partial charge < -0.3 is 14.7 Å². The van der Waals surface area contributed by atoms with E-state index in [1.165, 1.54) is 11.0 Å². The van der Waals surface area contributed by atoms with E-state index in [1.807, 2.05) is 0 Å². The fourth-order valence-corrected chi connectivity index (χ4v) is 2.79. The lowest BCUT2D eigenvalue weighted by molar-refractivity contribution is -0.147. The number of rotatable bonds is 5. The van der Waals surface area contributed by atoms with Crippen molar-refractivity contribution in [2.45, 2.75) is 38.0 Å². The summed E-state index contributed by atoms with van der Waals surface area (Å²) < 4.78 is 43.7. The van der Waals surface area contributed by atoms with Crippen molar-refractivity contribution in [3.05, 3.63) is 35.4 Å². The van der Waals surface area contributed by atoms with E-state index in [4.69, 9.17) is 9.84 Å². The average Bonchev–Trinajstić information content (AvgIpc) is 2.53. The fraction of sp³-hybridized carbons (Fsp3) is 0.529. The van der Waals surface area contributed by atoms with Crippen molar-refractivity contribution in [3.63, 3.8) is 0 Å². The molecule has 0 radical (unpaired) electrons. The van der Waals surface area contributed by atoms with Crippen LogP contribution in [-0.2, 0) is 20.5 Å². The number of carbonyl (C=O) groups excluding carboxylic acids is 1. The summed E-state index contributed by atoms with van der Waals surface area (Å²) in [6.07, 6.45) is -5.11. The van der Waals surface area contributed by atoms with E-state index in [2.05, 4.69) is 0 Å². The van der Waals surface area contributed by atoms with Crippen LogP contribution < -0.4 is 0 Å². The lowest BCUT2D eigenvalue weighted by atomic mass is 9.95. The fourth-order valence-electron chi connectivity index (χ4n) is 2.79. The summed E-state index contributed by atoms with van der Waals surface area (Å²) in [7, 11) is 0. The van der Waals surface area contributed by atoms with Gasteiger partial charge in [0.05, 0.1) is 24.7 Å². The quantitative estimate of drug-likeness (QED) is 0.878. The summed E-state index contributed by atoms with van der Waals surface area (Å²) in [5.41, 5.74) is -0.296. The van der Waals surface area contributed by atoms with Gasteiger partial charge in [-0.3, -0.25) is 9.59 Å². The van der Waals surface area contributed by atoms with Crippen molar-refractivity contribution < 1.29 is 32.6 Å². The number of carbonyl (C=O) groups is 2. The standard InChI is InChI=1S/C17H20F3NO4/c1-11(12-3-2-4-13(8-12)17(18,19)20)7-15(22)21-5-6-25-14(10-21)9-16(23)24/h2-4,8,11,14H,5-7,9-10H2,1H3,(H,23,24)/t11-,14-/m0/s1. The minimum absolute atomic E-state index is 0.0566. The number of ether oxygens (including phenoxy) is 1. The van der Waals surface area contributed by atoms with E-state index in [0.717, 1.165) is 12.1 Å². The van der Waals surface area contributed by atoms with Crippen LogP contribution in [-0.4, -0.2) is 47.7 Å². The van der Waals surface area contributed by atoms with Gasteiger partial charge in [0.2, 0.25) is 5.91 Å². The zero-order valence-corrected chi connectivity index (χ0v) is 13.8. The van der Waals surface area contributed by atoms with E-state index >= 15 is 0 Å². The maximum atomic E-state index is 12.8. The predicted molar refractivity (Wildman–Crippen MR) is 83.0 cm³/mol. The highest BCUT2D eigenvalue weighted by Gasteiger charge is 2.31. The molecule has 1 aliphatic heterocycles. The molecule has 0 aromatic heterocycles. The molecule has 25 heavy (non-hydrogen) atoms. The molecule has 1 heterocycles. The number of hydrogen-bond donors (Lipinski definition) is 1. The molecule has 8 heteroatoms. The summed E-state index contributed by atoms with van der Waals surface area (Å²) in [4.78, 5) is 24.7. The zero-order valence-electron chi connectivity index (χ0n) is 13.8. The number of halogens is 3. The van der Waals surface area contributed by atoms with Crippen LogP contribution in [0, 0.1) is 0 Å². The normalized spacial score (nSPS) is 19.5. The van der Waals surface area contributed by atoms with Crippen LogP contribution >= 0.6 is 0 Å². The molecule has 0 saturated carbocycles. The van der Waals surface area contributed by atoms with Gasteiger partial charge in [0.15, 0.2) is 0 Å². The third kappa shape index (κ3) is 5.45. The molecule has 1 aliphatic rings. The monoisotopic (exact) mass is 359 g/mol. The third-order valence-corrected chi connectivity index (χ3v) is 4.16. The summed E-state index contributed by atoms with van der Waals surface area (Å²) in [5.74, 6) is -1.60. The van der Waals surface area contributed by atoms with E-state index < -0.39 is 23.8 Å². The van der Waals surface area contributed by atoms with Crippen LogP contribution in [0.2, 0.25) is 0 Å². The molecule has 1 amide bonds. The Labute approximate surface area is 143 Å². The van der Waals surface area contributed by atoms with Crippen LogP contribution in [0.5, 0.6) is 0 Å². The molecule has 138 valence electrons. The molecule has 1 N–H and O–H groups in total. The molecular formula is C17H20F3NO4. The molecule has 1 fully saturated rings. The van der Waals surface area contributed by atoms with Gasteiger partial charge in [-0.15, -0.1) is 0 Å². The lowest BCUT2D eigenvalue weighted by Gasteiger charge is -2.33. The molecule has 0 unspecified atom stereocenters. The number of carboxylic acid groups (broad SMARTS) is 1. The van der Waals surface area contributed by atoms with Crippen LogP contribution in [0.4, 0.5) is 13.2 Å². The van der Waals surface area contributed by atoms with Crippen LogP contribution in [0.1, 0.15) is 36.8 Å². The Kier molecular flexibility index (Phi) is 6.05. The Hall–Kier alpha value is -2.09. The van der Waals surface area contributed by atoms with E-state index in [9.17, 15) is 22.8 Å². The van der Waals surface area contributed by atoms with Crippen molar-refractivity contribution >= 4 is 11.9 Å². The van der Waals surface area contributed by atoms with Gasteiger partial charge in [-0.25, -0.2) is 0 Å². The number of carboxylic acids is 1. The van der Waals surface area contributed by atoms with Crippen LogP contribution in [0.25, 0.3) is 0 Å². The Morgan fingerprint density at radius 2 is 2.12 bits per heavy atom. The number of alkyl halides is 3. The predicted octanol–water partition coefficient (Wildman–Crippen LogP) is 2.90. The van der Waals surface area contributed by atoms with E-state index in [-0.39, 0.29) is 37.8 Å². The maximum Gasteiger partial charge on any atom is 0.416 e. The Morgan fingerprint density at radius 1 is 1.40 bits per heavy atom. The summed E-state index contributed by atoms with van der Waals surface area (Å²) in [5, 5.41) is 8.80. The minimum atomic E-state index is -4.42. The highest BCUT2D eigenvalue weighted by molar-refractivity contribution is 5.77. The van der Waals surface area contributed by atoms with Crippen LogP contribution in [0.15, 0.2) is 24.3 Å². The Balaban J connectivity index is 1.99. The number of amides is 1. The number of nitrogens with zero attached hydrogens (tertiary/aromatic N) is 1. The molecule has 0 spiro atoms. The molecule has 1 saturated heterocycles. The van der Waals surface area contributed by atoms with Crippen molar-refractivity contribution in [2.24, 2.45) is 0 Å². The second kappa shape index (κ2) is 7.86. The molecule has 0 aliphatic carbocycles. The third-order valence-electron chi connectivity index (χ3n) is 4.16. The zero-order chi connectivity index (χ0) is 18.6. The molecule has 5 nitrogen and oxygen atoms in total. The first kappa shape index (κ1) is 19.2. The number of morpholine rings is 1. The molecule has 1 aromatic carbocycles. The number of hydrogen-bond acceptors (Lipinski definition) is 3. The average molecular weight is 359 g/mol. The van der Waals surface area contributed by atoms with Gasteiger partial charge in [-0.2, -0.15) is 13.2 Å². The molecule has 1 aromatic rings. The second-order valence-electron chi connectivity index (χ2n) is 6.16. The minimum Gasteiger partial charge on any atom is -0.481 e. The highest BCUT2D eigenvalue weighted by Crippen LogP contribution is 2.32. The van der Waals surface area contributed by atoms with E-state index in [0.29, 0.717) is 12.1 Å². The second-order valence-corrected chi connectivity index (χ2v) is 6.16. The molecule has 2 atom stereocenters. The molecule has 0 bridgehead atoms. The van der Waals surface area contributed by atoms with Crippen LogP contribution in [0.3, 0.4) is 0 Å². The molecular weight excluding hydrogens is 339 g/mol. The first-order valence-electron chi connectivity index (χ1n) is 7.95. The van der Waals surface area contributed by atoms with Gasteiger partial charge in [-0.05, 0) is 17.5 Å². The molecule has 2 rings (SSSR count). The number of benzene rings is 1. The van der Waals surface area contributed by atoms with Gasteiger partial charge in [0, 0.05) is 19.5 Å². The lowest BCUT2D eigenvalue weighted by Crippen LogP contribution is -2.46. The largest absolute Gasteiger partial charge is 0.481 e. The Morgan fingerprint density at radius 3 is 2.76 bits per heavy atom. The Bertz CT molecular complexity index is 633. The first-order valence-corrected chi connectivity index (χ1v) is 7.95. The summed E-state index contributed by atoms with van der Waals surface area (Å²) in [6, 6.07) is 4.96. The van der Waals surface area contributed by atoms with Crippen molar-refractivity contribution in [3.8, 4) is 0 Å². The van der Waals surface area contributed by atoms with Gasteiger partial charge in [-0.1, -0.05) is 25.1 Å². The number of aliphatic carboxylic acids is 1. The van der Waals surface area contributed by atoms with Crippen molar-refractivity contribution in [1.29, 1.82) is 0 Å². The maximum absolute atomic E-state index is 12.8. The van der Waals surface area contributed by atoms with Gasteiger partial charge >= 0.3 is 12.1 Å². The first-order chi connectivity index (χ1) is 11.7. The van der Waals surface area contributed by atoms with Crippen molar-refractivity contribution in [2.75, 3.05) is 19.7 Å².